The Morgan fingerprint density at radius 2 is 2.00 bits per heavy atom. The van der Waals surface area contributed by atoms with Crippen LogP contribution >= 0.6 is 0 Å². The molecule has 1 atom stereocenters. The van der Waals surface area contributed by atoms with E-state index in [1.165, 1.54) is 0 Å². The lowest BCUT2D eigenvalue weighted by Gasteiger charge is -2.23. The number of likely N-dealkylation sites (tertiary alicyclic amines) is 1. The van der Waals surface area contributed by atoms with Gasteiger partial charge in [-0.05, 0) is 49.1 Å². The Morgan fingerprint density at radius 1 is 1.22 bits per heavy atom. The number of rotatable bonds is 5. The summed E-state index contributed by atoms with van der Waals surface area (Å²) in [4.78, 5) is 25.2. The molecule has 1 aliphatic heterocycles. The van der Waals surface area contributed by atoms with Gasteiger partial charge in [0.1, 0.15) is 5.76 Å². The van der Waals surface area contributed by atoms with Gasteiger partial charge < -0.3 is 14.4 Å². The number of amides is 1. The van der Waals surface area contributed by atoms with Crippen LogP contribution < -0.4 is 0 Å². The number of benzene rings is 1. The van der Waals surface area contributed by atoms with E-state index >= 15 is 0 Å². The van der Waals surface area contributed by atoms with Crippen LogP contribution in [-0.4, -0.2) is 28.4 Å². The standard InChI is InChI=1S/C18H19NO4/c20-17(10-7-13-5-8-14(9-6-13)18(21)22)19-11-1-3-15(19)16-4-2-12-23-16/h2,4-6,8-9,12,15H,1,3,7,10-11H2,(H,21,22). The lowest BCUT2D eigenvalue weighted by molar-refractivity contribution is -0.132. The molecule has 23 heavy (non-hydrogen) atoms. The van der Waals surface area contributed by atoms with E-state index in [4.69, 9.17) is 9.52 Å². The van der Waals surface area contributed by atoms with Crippen molar-refractivity contribution in [1.82, 2.24) is 4.90 Å². The highest BCUT2D eigenvalue weighted by Crippen LogP contribution is 2.32. The fourth-order valence-electron chi connectivity index (χ4n) is 3.05. The molecule has 2 aromatic rings. The van der Waals surface area contributed by atoms with Gasteiger partial charge in [0.15, 0.2) is 0 Å². The molecule has 3 rings (SSSR count). The zero-order valence-corrected chi connectivity index (χ0v) is 12.8. The van der Waals surface area contributed by atoms with Gasteiger partial charge in [0, 0.05) is 13.0 Å². The molecule has 1 saturated heterocycles. The normalized spacial score (nSPS) is 17.4. The number of carbonyl (C=O) groups is 2. The number of furan rings is 1. The van der Waals surface area contributed by atoms with Gasteiger partial charge in [-0.1, -0.05) is 12.1 Å². The van der Waals surface area contributed by atoms with Crippen LogP contribution in [0.25, 0.3) is 0 Å². The fraction of sp³-hybridized carbons (Fsp3) is 0.333. The van der Waals surface area contributed by atoms with Crippen molar-refractivity contribution in [3.05, 3.63) is 59.5 Å². The van der Waals surface area contributed by atoms with Crippen LogP contribution in [0.15, 0.2) is 47.1 Å². The molecule has 0 saturated carbocycles. The topological polar surface area (TPSA) is 70.8 Å². The number of aromatic carboxylic acids is 1. The van der Waals surface area contributed by atoms with Crippen molar-refractivity contribution < 1.29 is 19.1 Å². The highest BCUT2D eigenvalue weighted by Gasteiger charge is 2.31. The minimum atomic E-state index is -0.939. The summed E-state index contributed by atoms with van der Waals surface area (Å²) in [5.41, 5.74) is 1.23. The lowest BCUT2D eigenvalue weighted by atomic mass is 10.1. The Kier molecular flexibility index (Phi) is 4.46. The molecule has 0 spiro atoms. The predicted molar refractivity (Wildman–Crippen MR) is 84.1 cm³/mol. The van der Waals surface area contributed by atoms with E-state index in [0.717, 1.165) is 30.7 Å². The highest BCUT2D eigenvalue weighted by atomic mass is 16.4. The summed E-state index contributed by atoms with van der Waals surface area (Å²) in [6, 6.07) is 10.5. The monoisotopic (exact) mass is 313 g/mol. The number of aryl methyl sites for hydroxylation is 1. The van der Waals surface area contributed by atoms with E-state index in [1.54, 1.807) is 30.5 Å². The van der Waals surface area contributed by atoms with Crippen molar-refractivity contribution in [2.75, 3.05) is 6.54 Å². The van der Waals surface area contributed by atoms with Gasteiger partial charge in [0.25, 0.3) is 0 Å². The Labute approximate surface area is 134 Å². The van der Waals surface area contributed by atoms with E-state index in [1.807, 2.05) is 17.0 Å². The van der Waals surface area contributed by atoms with Gasteiger partial charge in [-0.25, -0.2) is 4.79 Å². The van der Waals surface area contributed by atoms with Crippen LogP contribution in [0.3, 0.4) is 0 Å². The van der Waals surface area contributed by atoms with Crippen LogP contribution in [0.2, 0.25) is 0 Å². The molecular weight excluding hydrogens is 294 g/mol. The van der Waals surface area contributed by atoms with Gasteiger partial charge in [0.2, 0.25) is 5.91 Å². The summed E-state index contributed by atoms with van der Waals surface area (Å²) in [5.74, 6) is 0.0267. The minimum Gasteiger partial charge on any atom is -0.478 e. The molecular formula is C18H19NO4. The molecule has 5 nitrogen and oxygen atoms in total. The van der Waals surface area contributed by atoms with Crippen LogP contribution in [0.5, 0.6) is 0 Å². The molecule has 0 aliphatic carbocycles. The van der Waals surface area contributed by atoms with E-state index in [2.05, 4.69) is 0 Å². The molecule has 0 radical (unpaired) electrons. The average Bonchev–Trinajstić information content (AvgIpc) is 3.23. The third-order valence-corrected chi connectivity index (χ3v) is 4.27. The largest absolute Gasteiger partial charge is 0.478 e. The number of carbonyl (C=O) groups excluding carboxylic acids is 1. The summed E-state index contributed by atoms with van der Waals surface area (Å²) in [7, 11) is 0. The number of carboxylic acid groups (broad SMARTS) is 1. The van der Waals surface area contributed by atoms with E-state index in [9.17, 15) is 9.59 Å². The summed E-state index contributed by atoms with van der Waals surface area (Å²) in [6.07, 6.45) is 4.60. The Bertz CT molecular complexity index is 676. The molecule has 1 unspecified atom stereocenters. The Balaban J connectivity index is 1.59. The quantitative estimate of drug-likeness (QED) is 0.919. The summed E-state index contributed by atoms with van der Waals surface area (Å²) in [5, 5.41) is 8.89. The first-order valence-electron chi connectivity index (χ1n) is 7.80. The van der Waals surface area contributed by atoms with E-state index < -0.39 is 5.97 Å². The maximum absolute atomic E-state index is 12.5. The molecule has 1 aromatic carbocycles. The molecule has 2 heterocycles. The van der Waals surface area contributed by atoms with Gasteiger partial charge in [-0.2, -0.15) is 0 Å². The summed E-state index contributed by atoms with van der Waals surface area (Å²) < 4.78 is 5.45. The summed E-state index contributed by atoms with van der Waals surface area (Å²) in [6.45, 7) is 0.766. The molecule has 1 amide bonds. The molecule has 1 aliphatic rings. The van der Waals surface area contributed by atoms with Crippen molar-refractivity contribution in [3.8, 4) is 0 Å². The zero-order chi connectivity index (χ0) is 16.2. The third-order valence-electron chi connectivity index (χ3n) is 4.27. The van der Waals surface area contributed by atoms with Gasteiger partial charge in [0.05, 0.1) is 17.9 Å². The van der Waals surface area contributed by atoms with Gasteiger partial charge >= 0.3 is 5.97 Å². The Hall–Kier alpha value is -2.56. The van der Waals surface area contributed by atoms with E-state index in [0.29, 0.717) is 12.8 Å². The number of hydrogen-bond donors (Lipinski definition) is 1. The maximum Gasteiger partial charge on any atom is 0.335 e. The molecule has 1 aromatic heterocycles. The molecule has 120 valence electrons. The second-order valence-corrected chi connectivity index (χ2v) is 5.76. The second-order valence-electron chi connectivity index (χ2n) is 5.76. The highest BCUT2D eigenvalue weighted by molar-refractivity contribution is 5.87. The number of carboxylic acids is 1. The fourth-order valence-corrected chi connectivity index (χ4v) is 3.05. The zero-order valence-electron chi connectivity index (χ0n) is 12.8. The SMILES string of the molecule is O=C(O)c1ccc(CCC(=O)N2CCCC2c2ccco2)cc1. The molecule has 1 fully saturated rings. The van der Waals surface area contributed by atoms with Gasteiger partial charge in [-0.15, -0.1) is 0 Å². The molecule has 1 N–H and O–H groups in total. The molecule has 0 bridgehead atoms. The first kappa shape index (κ1) is 15.3. The van der Waals surface area contributed by atoms with Crippen LogP contribution in [0.1, 0.15) is 47.0 Å². The first-order chi connectivity index (χ1) is 11.1. The lowest BCUT2D eigenvalue weighted by Crippen LogP contribution is -2.30. The van der Waals surface area contributed by atoms with Crippen LogP contribution in [0.4, 0.5) is 0 Å². The van der Waals surface area contributed by atoms with Crippen molar-refractivity contribution in [1.29, 1.82) is 0 Å². The smallest absolute Gasteiger partial charge is 0.335 e. The average molecular weight is 313 g/mol. The second kappa shape index (κ2) is 6.69. The maximum atomic E-state index is 12.5. The van der Waals surface area contributed by atoms with Crippen molar-refractivity contribution in [2.24, 2.45) is 0 Å². The third kappa shape index (κ3) is 3.44. The van der Waals surface area contributed by atoms with Crippen molar-refractivity contribution in [2.45, 2.75) is 31.7 Å². The minimum absolute atomic E-state index is 0.0480. The predicted octanol–water partition coefficient (Wildman–Crippen LogP) is 3.27. The first-order valence-corrected chi connectivity index (χ1v) is 7.80. The van der Waals surface area contributed by atoms with Crippen LogP contribution in [0, 0.1) is 0 Å². The van der Waals surface area contributed by atoms with Crippen molar-refractivity contribution in [3.63, 3.8) is 0 Å². The molecule has 5 heteroatoms. The van der Waals surface area contributed by atoms with E-state index in [-0.39, 0.29) is 17.5 Å². The number of nitrogens with zero attached hydrogens (tertiary/aromatic N) is 1. The van der Waals surface area contributed by atoms with Crippen molar-refractivity contribution >= 4 is 11.9 Å². The Morgan fingerprint density at radius 3 is 2.65 bits per heavy atom. The van der Waals surface area contributed by atoms with Gasteiger partial charge in [-0.3, -0.25) is 4.79 Å². The van der Waals surface area contributed by atoms with Crippen LogP contribution in [-0.2, 0) is 11.2 Å². The summed E-state index contributed by atoms with van der Waals surface area (Å²) >= 11 is 0. The number of hydrogen-bond acceptors (Lipinski definition) is 3.